The van der Waals surface area contributed by atoms with Crippen molar-refractivity contribution < 1.29 is 22.8 Å². The summed E-state index contributed by atoms with van der Waals surface area (Å²) >= 11 is 0. The minimum atomic E-state index is -4.47. The van der Waals surface area contributed by atoms with Crippen LogP contribution in [0.4, 0.5) is 18.9 Å². The first kappa shape index (κ1) is 20.8. The molecule has 1 atom stereocenters. The molecule has 0 heterocycles. The molecule has 140 valence electrons. The van der Waals surface area contributed by atoms with Crippen molar-refractivity contribution in [2.24, 2.45) is 5.92 Å². The van der Waals surface area contributed by atoms with E-state index in [9.17, 15) is 22.8 Å². The number of hydrogen-bond acceptors (Lipinski definition) is 3. The molecule has 0 saturated carbocycles. The Morgan fingerprint density at radius 1 is 1.16 bits per heavy atom. The lowest BCUT2D eigenvalue weighted by atomic mass is 10.1. The third-order valence-electron chi connectivity index (χ3n) is 3.78. The number of rotatable bonds is 7. The predicted molar refractivity (Wildman–Crippen MR) is 90.5 cm³/mol. The third kappa shape index (κ3) is 7.45. The minimum absolute atomic E-state index is 0.00548. The average Bonchev–Trinajstić information content (AvgIpc) is 2.50. The van der Waals surface area contributed by atoms with Crippen molar-refractivity contribution in [3.8, 4) is 0 Å². The van der Waals surface area contributed by atoms with Crippen LogP contribution in [0.1, 0.15) is 36.7 Å². The first-order valence-corrected chi connectivity index (χ1v) is 7.98. The molecule has 0 aliphatic rings. The molecule has 1 aromatic carbocycles. The number of benzene rings is 1. The molecule has 25 heavy (non-hydrogen) atoms. The lowest BCUT2D eigenvalue weighted by molar-refractivity contribution is -0.123. The van der Waals surface area contributed by atoms with E-state index in [0.29, 0.717) is 11.6 Å². The van der Waals surface area contributed by atoms with Gasteiger partial charge in [-0.2, -0.15) is 13.2 Å². The van der Waals surface area contributed by atoms with E-state index in [1.807, 2.05) is 26.1 Å². The van der Waals surface area contributed by atoms with Gasteiger partial charge in [-0.05, 0) is 37.5 Å². The smallest absolute Gasteiger partial charge is 0.376 e. The van der Waals surface area contributed by atoms with Crippen molar-refractivity contribution >= 4 is 17.5 Å². The van der Waals surface area contributed by atoms with Gasteiger partial charge in [-0.15, -0.1) is 0 Å². The second-order valence-corrected chi connectivity index (χ2v) is 6.28. The van der Waals surface area contributed by atoms with Gasteiger partial charge in [-0.3, -0.25) is 9.59 Å². The molecule has 0 saturated heterocycles. The van der Waals surface area contributed by atoms with Crippen LogP contribution in [-0.2, 0) is 4.79 Å². The lowest BCUT2D eigenvalue weighted by Crippen LogP contribution is -2.39. The van der Waals surface area contributed by atoms with E-state index < -0.39 is 18.6 Å². The second kappa shape index (κ2) is 8.73. The van der Waals surface area contributed by atoms with Crippen LogP contribution in [0.15, 0.2) is 18.2 Å². The van der Waals surface area contributed by atoms with Crippen LogP contribution in [0.3, 0.4) is 0 Å². The highest BCUT2D eigenvalue weighted by Crippen LogP contribution is 2.18. The zero-order chi connectivity index (χ0) is 19.2. The summed E-state index contributed by atoms with van der Waals surface area (Å²) in [6.45, 7) is 6.27. The maximum atomic E-state index is 12.2. The number of alkyl halides is 3. The van der Waals surface area contributed by atoms with E-state index in [4.69, 9.17) is 0 Å². The van der Waals surface area contributed by atoms with Gasteiger partial charge in [0, 0.05) is 17.3 Å². The molecule has 0 aromatic heterocycles. The molecule has 0 radical (unpaired) electrons. The zero-order valence-corrected chi connectivity index (χ0v) is 14.8. The topological polar surface area (TPSA) is 70.2 Å². The molecule has 3 N–H and O–H groups in total. The molecule has 0 fully saturated rings. The van der Waals surface area contributed by atoms with E-state index in [1.165, 1.54) is 12.1 Å². The fraction of sp³-hybridized carbons (Fsp3) is 0.529. The Labute approximate surface area is 145 Å². The largest absolute Gasteiger partial charge is 0.405 e. The summed E-state index contributed by atoms with van der Waals surface area (Å²) in [4.78, 5) is 23.7. The van der Waals surface area contributed by atoms with E-state index in [1.54, 1.807) is 13.0 Å². The molecule has 0 bridgehead atoms. The van der Waals surface area contributed by atoms with Crippen LogP contribution in [0.25, 0.3) is 0 Å². The first-order chi connectivity index (χ1) is 11.5. The summed E-state index contributed by atoms with van der Waals surface area (Å²) in [5.74, 6) is -0.725. The van der Waals surface area contributed by atoms with E-state index in [-0.39, 0.29) is 24.1 Å². The molecule has 2 amide bonds. The second-order valence-electron chi connectivity index (χ2n) is 6.28. The van der Waals surface area contributed by atoms with Crippen molar-refractivity contribution in [1.29, 1.82) is 0 Å². The number of hydrogen-bond donors (Lipinski definition) is 3. The summed E-state index contributed by atoms with van der Waals surface area (Å²) < 4.78 is 36.5. The lowest BCUT2D eigenvalue weighted by Gasteiger charge is -2.18. The molecule has 0 spiro atoms. The number of anilines is 1. The molecule has 1 aromatic rings. The summed E-state index contributed by atoms with van der Waals surface area (Å²) in [6, 6.07) is 4.50. The highest BCUT2D eigenvalue weighted by molar-refractivity contribution is 5.95. The van der Waals surface area contributed by atoms with E-state index in [2.05, 4.69) is 10.6 Å². The van der Waals surface area contributed by atoms with Crippen LogP contribution in [-0.4, -0.2) is 37.1 Å². The van der Waals surface area contributed by atoms with E-state index >= 15 is 0 Å². The van der Waals surface area contributed by atoms with Crippen molar-refractivity contribution in [3.05, 3.63) is 29.3 Å². The predicted octanol–water partition coefficient (Wildman–Crippen LogP) is 2.86. The molecule has 0 aliphatic heterocycles. The average molecular weight is 359 g/mol. The third-order valence-corrected chi connectivity index (χ3v) is 3.78. The van der Waals surface area contributed by atoms with Gasteiger partial charge in [0.1, 0.15) is 6.54 Å². The fourth-order valence-electron chi connectivity index (χ4n) is 1.88. The minimum Gasteiger partial charge on any atom is -0.376 e. The van der Waals surface area contributed by atoms with Gasteiger partial charge in [0.15, 0.2) is 0 Å². The maximum absolute atomic E-state index is 12.2. The van der Waals surface area contributed by atoms with Crippen LogP contribution >= 0.6 is 0 Å². The van der Waals surface area contributed by atoms with E-state index in [0.717, 1.165) is 5.56 Å². The molecule has 1 rings (SSSR count). The van der Waals surface area contributed by atoms with Crippen LogP contribution < -0.4 is 16.0 Å². The first-order valence-electron chi connectivity index (χ1n) is 7.98. The summed E-state index contributed by atoms with van der Waals surface area (Å²) in [6.07, 6.45) is -4.47. The highest BCUT2D eigenvalue weighted by Gasteiger charge is 2.28. The molecule has 0 unspecified atom stereocenters. The Morgan fingerprint density at radius 3 is 2.36 bits per heavy atom. The summed E-state index contributed by atoms with van der Waals surface area (Å²) in [7, 11) is 0. The highest BCUT2D eigenvalue weighted by atomic mass is 19.4. The fourth-order valence-corrected chi connectivity index (χ4v) is 1.88. The zero-order valence-electron chi connectivity index (χ0n) is 14.8. The molecule has 0 aliphatic carbocycles. The van der Waals surface area contributed by atoms with Gasteiger partial charge in [0.25, 0.3) is 5.91 Å². The number of carbonyl (C=O) groups excluding carboxylic acids is 2. The van der Waals surface area contributed by atoms with Crippen LogP contribution in [0, 0.1) is 12.8 Å². The van der Waals surface area contributed by atoms with Gasteiger partial charge < -0.3 is 16.0 Å². The number of halogens is 3. The van der Waals surface area contributed by atoms with Crippen molar-refractivity contribution in [1.82, 2.24) is 10.6 Å². The Kier molecular flexibility index (Phi) is 7.26. The Balaban J connectivity index is 2.69. The van der Waals surface area contributed by atoms with Crippen molar-refractivity contribution in [3.63, 3.8) is 0 Å². The van der Waals surface area contributed by atoms with Gasteiger partial charge in [0.05, 0.1) is 6.54 Å². The van der Waals surface area contributed by atoms with Gasteiger partial charge >= 0.3 is 6.18 Å². The van der Waals surface area contributed by atoms with Crippen molar-refractivity contribution in [2.75, 3.05) is 18.4 Å². The summed E-state index contributed by atoms with van der Waals surface area (Å²) in [5, 5.41) is 7.57. The maximum Gasteiger partial charge on any atom is 0.405 e. The molecule has 8 heteroatoms. The Hall–Kier alpha value is -2.25. The quantitative estimate of drug-likeness (QED) is 0.701. The van der Waals surface area contributed by atoms with Gasteiger partial charge in [-0.25, -0.2) is 0 Å². The monoisotopic (exact) mass is 359 g/mol. The number of aryl methyl sites for hydroxylation is 1. The Morgan fingerprint density at radius 2 is 1.80 bits per heavy atom. The molecular formula is C17H24F3N3O2. The number of amides is 2. The standard InChI is InChI=1S/C17H24F3N3O2/c1-10(2)12(4)23-15(24)8-21-14-7-13(6-5-11(14)3)16(25)22-9-17(18,19)20/h5-7,10,12,21H,8-9H2,1-4H3,(H,22,25)(H,23,24)/t12-/m0/s1. The summed E-state index contributed by atoms with van der Waals surface area (Å²) in [5.41, 5.74) is 1.39. The van der Waals surface area contributed by atoms with Crippen LogP contribution in [0.2, 0.25) is 0 Å². The van der Waals surface area contributed by atoms with Crippen LogP contribution in [0.5, 0.6) is 0 Å². The van der Waals surface area contributed by atoms with Gasteiger partial charge in [-0.1, -0.05) is 19.9 Å². The number of carbonyl (C=O) groups is 2. The molecule has 5 nitrogen and oxygen atoms in total. The molecular weight excluding hydrogens is 335 g/mol. The normalized spacial score (nSPS) is 12.6. The Bertz CT molecular complexity index is 616. The van der Waals surface area contributed by atoms with Crippen molar-refractivity contribution in [2.45, 2.75) is 39.9 Å². The SMILES string of the molecule is Cc1ccc(C(=O)NCC(F)(F)F)cc1NCC(=O)N[C@@H](C)C(C)C. The number of nitrogens with one attached hydrogen (secondary N) is 3. The van der Waals surface area contributed by atoms with Gasteiger partial charge in [0.2, 0.25) is 5.91 Å².